The maximum absolute atomic E-state index is 5.27. The molecule has 1 N–H and O–H groups in total. The SMILES string of the molecule is c1nnc(NCCN2CCOCC2)s1. The molecule has 1 aliphatic rings. The second-order valence-corrected chi connectivity index (χ2v) is 3.96. The van der Waals surface area contributed by atoms with Gasteiger partial charge < -0.3 is 10.1 Å². The molecule has 0 amide bonds. The van der Waals surface area contributed by atoms with E-state index in [2.05, 4.69) is 20.4 Å². The van der Waals surface area contributed by atoms with Crippen LogP contribution in [0.2, 0.25) is 0 Å². The molecular formula is C8H14N4OS. The molecule has 1 aliphatic heterocycles. The number of nitrogens with one attached hydrogen (secondary N) is 1. The summed E-state index contributed by atoms with van der Waals surface area (Å²) in [6.07, 6.45) is 0. The first-order valence-electron chi connectivity index (χ1n) is 4.75. The largest absolute Gasteiger partial charge is 0.379 e. The first-order chi connectivity index (χ1) is 6.95. The predicted octanol–water partition coefficient (Wildman–Crippen LogP) is 0.282. The van der Waals surface area contributed by atoms with Crippen LogP contribution in [0.5, 0.6) is 0 Å². The van der Waals surface area contributed by atoms with Crippen molar-refractivity contribution < 1.29 is 4.74 Å². The lowest BCUT2D eigenvalue weighted by atomic mass is 10.4. The van der Waals surface area contributed by atoms with Crippen LogP contribution in [0, 0.1) is 0 Å². The Hall–Kier alpha value is -0.720. The van der Waals surface area contributed by atoms with Gasteiger partial charge in [0.25, 0.3) is 0 Å². The van der Waals surface area contributed by atoms with Gasteiger partial charge in [-0.05, 0) is 0 Å². The number of nitrogens with zero attached hydrogens (tertiary/aromatic N) is 3. The number of ether oxygens (including phenoxy) is 1. The summed E-state index contributed by atoms with van der Waals surface area (Å²) < 4.78 is 5.27. The first-order valence-corrected chi connectivity index (χ1v) is 5.63. The van der Waals surface area contributed by atoms with Gasteiger partial charge in [-0.3, -0.25) is 4.90 Å². The second kappa shape index (κ2) is 5.23. The van der Waals surface area contributed by atoms with Gasteiger partial charge in [0.2, 0.25) is 5.13 Å². The van der Waals surface area contributed by atoms with Gasteiger partial charge in [-0.15, -0.1) is 10.2 Å². The van der Waals surface area contributed by atoms with Crippen LogP contribution in [0.15, 0.2) is 5.51 Å². The van der Waals surface area contributed by atoms with Crippen molar-refractivity contribution >= 4 is 16.5 Å². The zero-order valence-corrected chi connectivity index (χ0v) is 8.79. The first kappa shape index (κ1) is 9.82. The average Bonchev–Trinajstić information content (AvgIpc) is 2.72. The number of hydrogen-bond donors (Lipinski definition) is 1. The van der Waals surface area contributed by atoms with Crippen LogP contribution in [0.4, 0.5) is 5.13 Å². The van der Waals surface area contributed by atoms with E-state index < -0.39 is 0 Å². The Morgan fingerprint density at radius 3 is 3.07 bits per heavy atom. The Morgan fingerprint density at radius 1 is 1.50 bits per heavy atom. The van der Waals surface area contributed by atoms with Crippen LogP contribution in [-0.4, -0.2) is 54.5 Å². The highest BCUT2D eigenvalue weighted by molar-refractivity contribution is 7.13. The molecule has 1 fully saturated rings. The predicted molar refractivity (Wildman–Crippen MR) is 55.7 cm³/mol. The molecule has 0 saturated carbocycles. The summed E-state index contributed by atoms with van der Waals surface area (Å²) >= 11 is 1.53. The molecule has 0 aromatic carbocycles. The third-order valence-corrected chi connectivity index (χ3v) is 2.82. The zero-order chi connectivity index (χ0) is 9.64. The van der Waals surface area contributed by atoms with Crippen molar-refractivity contribution in [2.45, 2.75) is 0 Å². The van der Waals surface area contributed by atoms with Crippen molar-refractivity contribution in [3.8, 4) is 0 Å². The van der Waals surface area contributed by atoms with Gasteiger partial charge in [-0.2, -0.15) is 0 Å². The molecule has 0 bridgehead atoms. The van der Waals surface area contributed by atoms with Gasteiger partial charge in [0.05, 0.1) is 13.2 Å². The lowest BCUT2D eigenvalue weighted by molar-refractivity contribution is 0.0398. The van der Waals surface area contributed by atoms with Gasteiger partial charge in [0.1, 0.15) is 5.51 Å². The summed E-state index contributed by atoms with van der Waals surface area (Å²) in [4.78, 5) is 2.39. The van der Waals surface area contributed by atoms with Crippen LogP contribution in [0.3, 0.4) is 0 Å². The van der Waals surface area contributed by atoms with E-state index in [9.17, 15) is 0 Å². The zero-order valence-electron chi connectivity index (χ0n) is 7.98. The van der Waals surface area contributed by atoms with E-state index in [4.69, 9.17) is 4.74 Å². The molecule has 0 spiro atoms. The average molecular weight is 214 g/mol. The summed E-state index contributed by atoms with van der Waals surface area (Å²) in [5.41, 5.74) is 1.73. The molecule has 2 rings (SSSR count). The number of rotatable bonds is 4. The van der Waals surface area contributed by atoms with Crippen LogP contribution < -0.4 is 5.32 Å². The minimum absolute atomic E-state index is 0.860. The van der Waals surface area contributed by atoms with Crippen molar-refractivity contribution in [2.24, 2.45) is 0 Å². The quantitative estimate of drug-likeness (QED) is 0.780. The lowest BCUT2D eigenvalue weighted by Crippen LogP contribution is -2.38. The van der Waals surface area contributed by atoms with E-state index in [-0.39, 0.29) is 0 Å². The Kier molecular flexibility index (Phi) is 3.67. The monoisotopic (exact) mass is 214 g/mol. The summed E-state index contributed by atoms with van der Waals surface area (Å²) in [5, 5.41) is 11.8. The van der Waals surface area contributed by atoms with Crippen molar-refractivity contribution in [2.75, 3.05) is 44.7 Å². The molecular weight excluding hydrogens is 200 g/mol. The molecule has 1 saturated heterocycles. The van der Waals surface area contributed by atoms with Gasteiger partial charge in [-0.25, -0.2) is 0 Å². The van der Waals surface area contributed by atoms with E-state index in [0.717, 1.165) is 44.5 Å². The highest BCUT2D eigenvalue weighted by atomic mass is 32.1. The van der Waals surface area contributed by atoms with Crippen LogP contribution >= 0.6 is 11.3 Å². The summed E-state index contributed by atoms with van der Waals surface area (Å²) in [6.45, 7) is 5.77. The van der Waals surface area contributed by atoms with Crippen LogP contribution in [0.25, 0.3) is 0 Å². The molecule has 2 heterocycles. The van der Waals surface area contributed by atoms with Crippen molar-refractivity contribution in [3.63, 3.8) is 0 Å². The molecule has 5 nitrogen and oxygen atoms in total. The Morgan fingerprint density at radius 2 is 2.36 bits per heavy atom. The third-order valence-electron chi connectivity index (χ3n) is 2.17. The van der Waals surface area contributed by atoms with Gasteiger partial charge in [0.15, 0.2) is 0 Å². The number of anilines is 1. The fourth-order valence-electron chi connectivity index (χ4n) is 1.40. The second-order valence-electron chi connectivity index (χ2n) is 3.12. The van der Waals surface area contributed by atoms with Gasteiger partial charge in [0, 0.05) is 26.2 Å². The Bertz CT molecular complexity index is 248. The molecule has 0 aliphatic carbocycles. The highest BCUT2D eigenvalue weighted by Gasteiger charge is 2.09. The van der Waals surface area contributed by atoms with E-state index in [0.29, 0.717) is 0 Å². The number of hydrogen-bond acceptors (Lipinski definition) is 6. The normalized spacial score (nSPS) is 18.3. The van der Waals surface area contributed by atoms with Crippen molar-refractivity contribution in [1.29, 1.82) is 0 Å². The number of morpholine rings is 1. The minimum atomic E-state index is 0.860. The van der Waals surface area contributed by atoms with Crippen molar-refractivity contribution in [1.82, 2.24) is 15.1 Å². The number of aromatic nitrogens is 2. The molecule has 0 radical (unpaired) electrons. The summed E-state index contributed by atoms with van der Waals surface area (Å²) in [7, 11) is 0. The smallest absolute Gasteiger partial charge is 0.205 e. The van der Waals surface area contributed by atoms with E-state index in [1.54, 1.807) is 5.51 Å². The molecule has 0 unspecified atom stereocenters. The van der Waals surface area contributed by atoms with E-state index >= 15 is 0 Å². The third kappa shape index (κ3) is 2.90. The fourth-order valence-corrected chi connectivity index (χ4v) is 1.87. The molecule has 14 heavy (non-hydrogen) atoms. The maximum atomic E-state index is 5.27. The molecule has 0 atom stereocenters. The van der Waals surface area contributed by atoms with E-state index in [1.807, 2.05) is 0 Å². The Balaban J connectivity index is 1.62. The van der Waals surface area contributed by atoms with Gasteiger partial charge >= 0.3 is 0 Å². The standard InChI is InChI=1S/C8H14N4OS/c1(9-8-11-10-7-14-8)2-12-3-5-13-6-4-12/h7H,1-6H2,(H,9,11). The maximum Gasteiger partial charge on any atom is 0.205 e. The summed E-state index contributed by atoms with van der Waals surface area (Å²) in [6, 6.07) is 0. The Labute approximate surface area is 87.1 Å². The van der Waals surface area contributed by atoms with Crippen LogP contribution in [-0.2, 0) is 4.74 Å². The van der Waals surface area contributed by atoms with Crippen LogP contribution in [0.1, 0.15) is 0 Å². The topological polar surface area (TPSA) is 50.3 Å². The molecule has 1 aromatic rings. The fraction of sp³-hybridized carbons (Fsp3) is 0.750. The van der Waals surface area contributed by atoms with Crippen molar-refractivity contribution in [3.05, 3.63) is 5.51 Å². The highest BCUT2D eigenvalue weighted by Crippen LogP contribution is 2.07. The summed E-state index contributed by atoms with van der Waals surface area (Å²) in [5.74, 6) is 0. The molecule has 6 heteroatoms. The van der Waals surface area contributed by atoms with Gasteiger partial charge in [-0.1, -0.05) is 11.3 Å². The lowest BCUT2D eigenvalue weighted by Gasteiger charge is -2.26. The molecule has 78 valence electrons. The minimum Gasteiger partial charge on any atom is -0.379 e. The molecule has 1 aromatic heterocycles. The van der Waals surface area contributed by atoms with E-state index in [1.165, 1.54) is 11.3 Å².